The van der Waals surface area contributed by atoms with Gasteiger partial charge < -0.3 is 15.4 Å². The first-order valence-electron chi connectivity index (χ1n) is 4.39. The third kappa shape index (κ3) is 2.11. The van der Waals surface area contributed by atoms with Crippen LogP contribution in [0.25, 0.3) is 0 Å². The SMILES string of the molecule is CC(CCN)N1CCCOC1=O. The Morgan fingerprint density at radius 2 is 2.50 bits per heavy atom. The third-order valence-corrected chi connectivity index (χ3v) is 2.12. The number of carbonyl (C=O) groups is 1. The highest BCUT2D eigenvalue weighted by atomic mass is 16.6. The van der Waals surface area contributed by atoms with Gasteiger partial charge >= 0.3 is 6.09 Å². The molecule has 0 radical (unpaired) electrons. The summed E-state index contributed by atoms with van der Waals surface area (Å²) in [6.07, 6.45) is 1.58. The largest absolute Gasteiger partial charge is 0.449 e. The van der Waals surface area contributed by atoms with Gasteiger partial charge in [0.2, 0.25) is 0 Å². The van der Waals surface area contributed by atoms with Gasteiger partial charge in [-0.1, -0.05) is 0 Å². The molecule has 0 bridgehead atoms. The zero-order chi connectivity index (χ0) is 8.97. The lowest BCUT2D eigenvalue weighted by Gasteiger charge is -2.31. The number of hydrogen-bond acceptors (Lipinski definition) is 3. The molecule has 1 aliphatic rings. The minimum Gasteiger partial charge on any atom is -0.449 e. The van der Waals surface area contributed by atoms with E-state index in [9.17, 15) is 4.79 Å². The molecular weight excluding hydrogens is 156 g/mol. The number of ether oxygens (including phenoxy) is 1. The van der Waals surface area contributed by atoms with Gasteiger partial charge in [0.15, 0.2) is 0 Å². The molecule has 70 valence electrons. The Labute approximate surface area is 72.7 Å². The molecule has 0 aromatic rings. The van der Waals surface area contributed by atoms with Crippen molar-refractivity contribution in [3.05, 3.63) is 0 Å². The maximum atomic E-state index is 11.2. The van der Waals surface area contributed by atoms with E-state index in [0.717, 1.165) is 19.4 Å². The van der Waals surface area contributed by atoms with Crippen LogP contribution in [0.5, 0.6) is 0 Å². The molecule has 0 saturated carbocycles. The Bertz CT molecular complexity index is 161. The molecule has 1 amide bonds. The third-order valence-electron chi connectivity index (χ3n) is 2.12. The van der Waals surface area contributed by atoms with Crippen molar-refractivity contribution in [3.8, 4) is 0 Å². The predicted octanol–water partition coefficient (Wildman–Crippen LogP) is 0.566. The molecule has 0 aromatic carbocycles. The first kappa shape index (κ1) is 9.32. The topological polar surface area (TPSA) is 55.6 Å². The normalized spacial score (nSPS) is 20.5. The molecule has 12 heavy (non-hydrogen) atoms. The summed E-state index contributed by atoms with van der Waals surface area (Å²) >= 11 is 0. The highest BCUT2D eigenvalue weighted by molar-refractivity contribution is 5.68. The van der Waals surface area contributed by atoms with Crippen LogP contribution in [0, 0.1) is 0 Å². The van der Waals surface area contributed by atoms with Gasteiger partial charge in [0, 0.05) is 12.6 Å². The predicted molar refractivity (Wildman–Crippen MR) is 45.8 cm³/mol. The summed E-state index contributed by atoms with van der Waals surface area (Å²) in [5.74, 6) is 0. The van der Waals surface area contributed by atoms with E-state index in [4.69, 9.17) is 10.5 Å². The number of amides is 1. The Balaban J connectivity index is 2.42. The summed E-state index contributed by atoms with van der Waals surface area (Å²) in [6.45, 7) is 3.98. The molecule has 1 aliphatic heterocycles. The van der Waals surface area contributed by atoms with Crippen LogP contribution in [0.3, 0.4) is 0 Å². The number of nitrogens with zero attached hydrogens (tertiary/aromatic N) is 1. The molecule has 1 heterocycles. The van der Waals surface area contributed by atoms with Crippen molar-refractivity contribution < 1.29 is 9.53 Å². The van der Waals surface area contributed by atoms with Crippen molar-refractivity contribution >= 4 is 6.09 Å². The molecule has 4 heteroatoms. The van der Waals surface area contributed by atoms with Gasteiger partial charge in [-0.25, -0.2) is 4.79 Å². The molecule has 1 rings (SSSR count). The number of carbonyl (C=O) groups excluding carboxylic acids is 1. The zero-order valence-electron chi connectivity index (χ0n) is 7.45. The Morgan fingerprint density at radius 3 is 3.08 bits per heavy atom. The standard InChI is InChI=1S/C8H16N2O2/c1-7(3-4-9)10-5-2-6-12-8(10)11/h7H,2-6,9H2,1H3. The van der Waals surface area contributed by atoms with E-state index in [-0.39, 0.29) is 12.1 Å². The minimum absolute atomic E-state index is 0.192. The van der Waals surface area contributed by atoms with Gasteiger partial charge in [0.25, 0.3) is 0 Å². The zero-order valence-corrected chi connectivity index (χ0v) is 7.45. The van der Waals surface area contributed by atoms with Crippen LogP contribution < -0.4 is 5.73 Å². The number of nitrogens with two attached hydrogens (primary N) is 1. The van der Waals surface area contributed by atoms with E-state index in [1.165, 1.54) is 0 Å². The summed E-state index contributed by atoms with van der Waals surface area (Å²) in [7, 11) is 0. The van der Waals surface area contributed by atoms with Gasteiger partial charge in [0.05, 0.1) is 6.61 Å². The lowest BCUT2D eigenvalue weighted by Crippen LogP contribution is -2.44. The van der Waals surface area contributed by atoms with E-state index in [2.05, 4.69) is 0 Å². The van der Waals surface area contributed by atoms with Crippen LogP contribution in [-0.4, -0.2) is 36.7 Å². The van der Waals surface area contributed by atoms with Crippen molar-refractivity contribution in [2.24, 2.45) is 5.73 Å². The van der Waals surface area contributed by atoms with Crippen molar-refractivity contribution in [2.45, 2.75) is 25.8 Å². The van der Waals surface area contributed by atoms with Gasteiger partial charge in [-0.05, 0) is 26.3 Å². The molecule has 1 unspecified atom stereocenters. The maximum absolute atomic E-state index is 11.2. The van der Waals surface area contributed by atoms with Crippen molar-refractivity contribution in [2.75, 3.05) is 19.7 Å². The quantitative estimate of drug-likeness (QED) is 0.677. The van der Waals surface area contributed by atoms with Crippen LogP contribution >= 0.6 is 0 Å². The van der Waals surface area contributed by atoms with E-state index < -0.39 is 0 Å². The highest BCUT2D eigenvalue weighted by Gasteiger charge is 2.23. The summed E-state index contributed by atoms with van der Waals surface area (Å²) in [5, 5.41) is 0. The fourth-order valence-electron chi connectivity index (χ4n) is 1.37. The number of cyclic esters (lactones) is 1. The molecule has 0 spiro atoms. The van der Waals surface area contributed by atoms with Crippen LogP contribution in [-0.2, 0) is 4.74 Å². The van der Waals surface area contributed by atoms with Crippen LogP contribution in [0.4, 0.5) is 4.79 Å². The van der Waals surface area contributed by atoms with Crippen LogP contribution in [0.1, 0.15) is 19.8 Å². The van der Waals surface area contributed by atoms with E-state index in [1.807, 2.05) is 6.92 Å². The fourth-order valence-corrected chi connectivity index (χ4v) is 1.37. The second-order valence-electron chi connectivity index (χ2n) is 3.09. The summed E-state index contributed by atoms with van der Waals surface area (Å²) < 4.78 is 4.90. The Kier molecular flexibility index (Phi) is 3.34. The Morgan fingerprint density at radius 1 is 1.75 bits per heavy atom. The molecule has 1 saturated heterocycles. The van der Waals surface area contributed by atoms with Crippen molar-refractivity contribution in [1.82, 2.24) is 4.90 Å². The van der Waals surface area contributed by atoms with Crippen LogP contribution in [0.15, 0.2) is 0 Å². The minimum atomic E-state index is -0.192. The molecular formula is C8H16N2O2. The van der Waals surface area contributed by atoms with Gasteiger partial charge in [0.1, 0.15) is 0 Å². The smallest absolute Gasteiger partial charge is 0.409 e. The van der Waals surface area contributed by atoms with Gasteiger partial charge in [-0.3, -0.25) is 0 Å². The van der Waals surface area contributed by atoms with E-state index in [0.29, 0.717) is 13.2 Å². The second kappa shape index (κ2) is 4.30. The number of hydrogen-bond donors (Lipinski definition) is 1. The molecule has 1 atom stereocenters. The molecule has 1 fully saturated rings. The fraction of sp³-hybridized carbons (Fsp3) is 0.875. The lowest BCUT2D eigenvalue weighted by atomic mass is 10.2. The first-order valence-corrected chi connectivity index (χ1v) is 4.39. The molecule has 2 N–H and O–H groups in total. The maximum Gasteiger partial charge on any atom is 0.409 e. The molecule has 4 nitrogen and oxygen atoms in total. The Hall–Kier alpha value is -0.770. The highest BCUT2D eigenvalue weighted by Crippen LogP contribution is 2.10. The van der Waals surface area contributed by atoms with Crippen molar-refractivity contribution in [1.29, 1.82) is 0 Å². The lowest BCUT2D eigenvalue weighted by molar-refractivity contribution is 0.0571. The number of rotatable bonds is 3. The summed E-state index contributed by atoms with van der Waals surface area (Å²) in [6, 6.07) is 0.211. The van der Waals surface area contributed by atoms with Gasteiger partial charge in [-0.2, -0.15) is 0 Å². The van der Waals surface area contributed by atoms with E-state index >= 15 is 0 Å². The average molecular weight is 172 g/mol. The second-order valence-corrected chi connectivity index (χ2v) is 3.09. The summed E-state index contributed by atoms with van der Waals surface area (Å²) in [4.78, 5) is 12.9. The van der Waals surface area contributed by atoms with Crippen LogP contribution in [0.2, 0.25) is 0 Å². The monoisotopic (exact) mass is 172 g/mol. The molecule has 0 aliphatic carbocycles. The van der Waals surface area contributed by atoms with Gasteiger partial charge in [-0.15, -0.1) is 0 Å². The first-order chi connectivity index (χ1) is 5.75. The summed E-state index contributed by atoms with van der Waals surface area (Å²) in [5.41, 5.74) is 5.40. The van der Waals surface area contributed by atoms with Crippen molar-refractivity contribution in [3.63, 3.8) is 0 Å². The van der Waals surface area contributed by atoms with E-state index in [1.54, 1.807) is 4.90 Å². The molecule has 0 aromatic heterocycles. The average Bonchev–Trinajstić information content (AvgIpc) is 2.05.